The largest absolute Gasteiger partial charge is 0.458 e. The Morgan fingerprint density at radius 3 is 2.35 bits per heavy atom. The number of cyclic esters (lactones) is 2. The molecule has 7 aliphatic rings. The molecule has 5 heterocycles. The van der Waals surface area contributed by atoms with Crippen LogP contribution in [0, 0.1) is 16.2 Å². The van der Waals surface area contributed by atoms with Crippen molar-refractivity contribution in [2.24, 2.45) is 16.2 Å². The number of aliphatic hydroxyl groups is 2. The number of hydrogen-bond acceptors (Lipinski definition) is 13. The van der Waals surface area contributed by atoms with E-state index in [9.17, 15) is 34.2 Å². The Morgan fingerprint density at radius 2 is 1.77 bits per heavy atom. The van der Waals surface area contributed by atoms with Gasteiger partial charge >= 0.3 is 23.9 Å². The van der Waals surface area contributed by atoms with Gasteiger partial charge in [-0.1, -0.05) is 25.7 Å². The molecular weight excluding hydrogens is 568 g/mol. The topological polar surface area (TPSA) is 184 Å². The third-order valence-electron chi connectivity index (χ3n) is 11.9. The van der Waals surface area contributed by atoms with Crippen molar-refractivity contribution < 1.29 is 62.6 Å². The molecule has 5 aliphatic heterocycles. The molecule has 2 N–H and O–H groups in total. The van der Waals surface area contributed by atoms with E-state index < -0.39 is 99.2 Å². The standard InChI is InChI=1S/C30H32O13/c1-8-15(11-31)19(34)39-18-17-24(6)28(13(2)26(18)10-9-16(33)40-23(26,4)5)20(42-28)25(7)27(37,12-32)30(24)22(36)38-14(3)29(30,41-17)21(35)43-25/h8-10,12,14,17-18,20,31,37H,2,11H2,1,3-7H3/b15-8+/t14-,17+,18-,20-,24+,25-,26-,27-,28-,29-,30+/m1/s1. The number of hydrogen-bond donors (Lipinski definition) is 2. The van der Waals surface area contributed by atoms with Gasteiger partial charge < -0.3 is 38.6 Å². The number of allylic oxidation sites excluding steroid dienone is 1. The summed E-state index contributed by atoms with van der Waals surface area (Å²) in [6.45, 7) is 12.7. The Balaban J connectivity index is 1.61. The Kier molecular flexibility index (Phi) is 4.92. The van der Waals surface area contributed by atoms with Crippen LogP contribution in [0.3, 0.4) is 0 Å². The van der Waals surface area contributed by atoms with Crippen LogP contribution in [0.5, 0.6) is 0 Å². The molecule has 43 heavy (non-hydrogen) atoms. The molecule has 13 heteroatoms. The fourth-order valence-corrected chi connectivity index (χ4v) is 9.93. The lowest BCUT2D eigenvalue weighted by atomic mass is 9.33. The minimum atomic E-state index is -2.73. The van der Waals surface area contributed by atoms with Crippen LogP contribution in [-0.4, -0.2) is 99.4 Å². The SMILES string of the molecule is C=C1[C@@]23O[C@@H]2[C@@]2(C)OC(=O)[C@@]45O[C@@H]([C@@H](OC(=O)/C(=C/C)CO)[C@@]16C=CC(=O)OC6(C)C)[C@]3(C)[C@@]4(C(=O)O[C@@H]5C)[C@@]2(O)C=O. The number of carbonyl (C=O) groups is 5. The predicted molar refractivity (Wildman–Crippen MR) is 138 cm³/mol. The van der Waals surface area contributed by atoms with Crippen LogP contribution in [0.25, 0.3) is 0 Å². The Morgan fingerprint density at radius 1 is 1.09 bits per heavy atom. The van der Waals surface area contributed by atoms with E-state index in [2.05, 4.69) is 6.58 Å². The van der Waals surface area contributed by atoms with E-state index in [4.69, 9.17) is 28.4 Å². The Hall–Kier alpha value is -3.39. The average molecular weight is 601 g/mol. The van der Waals surface area contributed by atoms with Crippen molar-refractivity contribution >= 4 is 30.2 Å². The highest BCUT2D eigenvalue weighted by molar-refractivity contribution is 6.04. The van der Waals surface area contributed by atoms with Crippen LogP contribution < -0.4 is 0 Å². The molecule has 4 saturated heterocycles. The van der Waals surface area contributed by atoms with Crippen molar-refractivity contribution in [2.45, 2.75) is 94.0 Å². The fraction of sp³-hybridized carbons (Fsp3) is 0.633. The molecule has 7 rings (SSSR count). The quantitative estimate of drug-likeness (QED) is 0.108. The number of epoxide rings is 1. The van der Waals surface area contributed by atoms with E-state index >= 15 is 0 Å². The van der Waals surface area contributed by atoms with Crippen LogP contribution in [0.1, 0.15) is 41.5 Å². The van der Waals surface area contributed by atoms with Gasteiger partial charge in [-0.3, -0.25) is 9.59 Å². The average Bonchev–Trinajstić information content (AvgIpc) is 3.58. The second-order valence-corrected chi connectivity index (χ2v) is 13.3. The normalized spacial score (nSPS) is 53.0. The van der Waals surface area contributed by atoms with Crippen LogP contribution in [0.2, 0.25) is 0 Å². The smallest absolute Gasteiger partial charge is 0.344 e. The molecule has 3 spiro atoms. The van der Waals surface area contributed by atoms with Gasteiger partial charge in [0.2, 0.25) is 5.60 Å². The summed E-state index contributed by atoms with van der Waals surface area (Å²) in [6, 6.07) is 0. The maximum Gasteiger partial charge on any atom is 0.344 e. The first kappa shape index (κ1) is 28.4. The number of aldehydes is 1. The van der Waals surface area contributed by atoms with Gasteiger partial charge in [0.15, 0.2) is 22.9 Å². The zero-order chi connectivity index (χ0) is 31.6. The maximum absolute atomic E-state index is 14.3. The molecule has 0 amide bonds. The molecule has 2 aliphatic carbocycles. The van der Waals surface area contributed by atoms with Crippen molar-refractivity contribution in [1.29, 1.82) is 0 Å². The van der Waals surface area contributed by atoms with Gasteiger partial charge in [0.05, 0.1) is 23.0 Å². The fourth-order valence-electron chi connectivity index (χ4n) is 9.93. The van der Waals surface area contributed by atoms with Crippen LogP contribution in [-0.2, 0) is 52.4 Å². The van der Waals surface area contributed by atoms with Gasteiger partial charge in [0, 0.05) is 6.08 Å². The van der Waals surface area contributed by atoms with Gasteiger partial charge in [-0.15, -0.1) is 0 Å². The highest BCUT2D eigenvalue weighted by Gasteiger charge is 3.08. The second kappa shape index (κ2) is 7.45. The van der Waals surface area contributed by atoms with Crippen molar-refractivity contribution in [3.05, 3.63) is 36.0 Å². The summed E-state index contributed by atoms with van der Waals surface area (Å²) in [6.07, 6.45) is -1.44. The summed E-state index contributed by atoms with van der Waals surface area (Å²) in [5, 5.41) is 22.3. The summed E-state index contributed by atoms with van der Waals surface area (Å²) >= 11 is 0. The summed E-state index contributed by atoms with van der Waals surface area (Å²) < 4.78 is 36.6. The van der Waals surface area contributed by atoms with Gasteiger partial charge in [-0.2, -0.15) is 0 Å². The third kappa shape index (κ3) is 2.25. The van der Waals surface area contributed by atoms with Gasteiger partial charge in [-0.25, -0.2) is 14.4 Å². The van der Waals surface area contributed by atoms with E-state index in [1.54, 1.807) is 13.8 Å². The van der Waals surface area contributed by atoms with Crippen molar-refractivity contribution in [2.75, 3.05) is 6.61 Å². The second-order valence-electron chi connectivity index (χ2n) is 13.3. The first-order chi connectivity index (χ1) is 20.0. The first-order valence-electron chi connectivity index (χ1n) is 14.0. The molecular formula is C30H32O13. The van der Waals surface area contributed by atoms with E-state index in [0.717, 1.165) is 6.08 Å². The number of esters is 4. The lowest BCUT2D eigenvalue weighted by Gasteiger charge is -2.67. The van der Waals surface area contributed by atoms with Gasteiger partial charge in [0.25, 0.3) is 0 Å². The van der Waals surface area contributed by atoms with Crippen LogP contribution >= 0.6 is 0 Å². The van der Waals surface area contributed by atoms with Gasteiger partial charge in [0.1, 0.15) is 35.6 Å². The van der Waals surface area contributed by atoms with Crippen molar-refractivity contribution in [1.82, 2.24) is 0 Å². The first-order valence-corrected chi connectivity index (χ1v) is 14.0. The van der Waals surface area contributed by atoms with Crippen molar-refractivity contribution in [3.63, 3.8) is 0 Å². The minimum Gasteiger partial charge on any atom is -0.458 e. The number of aliphatic hydroxyl groups excluding tert-OH is 1. The molecule has 13 nitrogen and oxygen atoms in total. The number of fused-ring (bicyclic) bond motifs is 2. The van der Waals surface area contributed by atoms with Crippen molar-refractivity contribution in [3.8, 4) is 0 Å². The summed E-state index contributed by atoms with van der Waals surface area (Å²) in [5.74, 6) is -3.78. The molecule has 0 unspecified atom stereocenters. The molecule has 0 aromatic heterocycles. The summed E-state index contributed by atoms with van der Waals surface area (Å²) in [4.78, 5) is 67.7. The molecule has 230 valence electrons. The van der Waals surface area contributed by atoms with E-state index in [0.29, 0.717) is 0 Å². The summed E-state index contributed by atoms with van der Waals surface area (Å²) in [7, 11) is 0. The minimum absolute atomic E-state index is 0.110. The highest BCUT2D eigenvalue weighted by atomic mass is 16.7. The molecule has 0 radical (unpaired) electrons. The van der Waals surface area contributed by atoms with Gasteiger partial charge in [-0.05, 0) is 40.2 Å². The third-order valence-corrected chi connectivity index (χ3v) is 11.9. The Labute approximate surface area is 245 Å². The molecule has 2 bridgehead atoms. The molecule has 0 aromatic carbocycles. The lowest BCUT2D eigenvalue weighted by molar-refractivity contribution is -0.293. The monoisotopic (exact) mass is 600 g/mol. The highest BCUT2D eigenvalue weighted by Crippen LogP contribution is 2.88. The molecule has 11 atom stereocenters. The Bertz CT molecular complexity index is 1540. The van der Waals surface area contributed by atoms with E-state index in [-0.39, 0.29) is 17.4 Å². The lowest BCUT2D eigenvalue weighted by Crippen LogP contribution is -2.89. The number of rotatable bonds is 4. The zero-order valence-corrected chi connectivity index (χ0v) is 24.4. The number of ether oxygens (including phenoxy) is 6. The van der Waals surface area contributed by atoms with E-state index in [1.165, 1.54) is 39.8 Å². The molecule has 2 saturated carbocycles. The maximum atomic E-state index is 14.3. The van der Waals surface area contributed by atoms with Crippen LogP contribution in [0.4, 0.5) is 0 Å². The zero-order valence-electron chi connectivity index (χ0n) is 24.4. The summed E-state index contributed by atoms with van der Waals surface area (Å²) in [5.41, 5.74) is -16.2. The number of carbonyl (C=O) groups excluding carboxylic acids is 5. The molecule has 0 aromatic rings. The van der Waals surface area contributed by atoms with Crippen LogP contribution in [0.15, 0.2) is 36.0 Å². The van der Waals surface area contributed by atoms with E-state index in [1.807, 2.05) is 0 Å². The molecule has 6 fully saturated rings. The predicted octanol–water partition coefficient (Wildman–Crippen LogP) is -0.243.